The maximum absolute atomic E-state index is 6.80. The minimum atomic E-state index is -2.37. The van der Waals surface area contributed by atoms with Crippen LogP contribution in [-0.4, -0.2) is 19.4 Å². The summed E-state index contributed by atoms with van der Waals surface area (Å²) in [6.45, 7) is 7.63. The summed E-state index contributed by atoms with van der Waals surface area (Å²) in [7, 11) is -2.37. The molecule has 0 atom stereocenters. The molecule has 0 saturated carbocycles. The first-order valence-electron chi connectivity index (χ1n) is 8.98. The van der Waals surface area contributed by atoms with Crippen molar-refractivity contribution in [1.29, 1.82) is 0 Å². The highest BCUT2D eigenvalue weighted by molar-refractivity contribution is 14.1. The number of alkyl halides is 1. The van der Waals surface area contributed by atoms with Gasteiger partial charge in [0.25, 0.3) is 8.32 Å². The summed E-state index contributed by atoms with van der Waals surface area (Å²) in [4.78, 5) is 0. The second kappa shape index (κ2) is 9.69. The molecule has 0 bridgehead atoms. The van der Waals surface area contributed by atoms with Crippen molar-refractivity contribution in [3.05, 3.63) is 72.8 Å². The fraction of sp³-hybridized carbons (Fsp3) is 0.364. The molecule has 0 unspecified atom stereocenters. The quantitative estimate of drug-likeness (QED) is 0.169. The molecule has 0 fully saturated rings. The number of benzene rings is 2. The van der Waals surface area contributed by atoms with Gasteiger partial charge < -0.3 is 4.43 Å². The van der Waals surface area contributed by atoms with Gasteiger partial charge in [0.05, 0.1) is 6.61 Å². The molecule has 0 saturated heterocycles. The van der Waals surface area contributed by atoms with E-state index in [4.69, 9.17) is 4.43 Å². The average Bonchev–Trinajstić information content (AvgIpc) is 2.62. The molecule has 0 spiro atoms. The number of rotatable bonds is 8. The van der Waals surface area contributed by atoms with E-state index in [-0.39, 0.29) is 5.04 Å². The lowest BCUT2D eigenvalue weighted by Gasteiger charge is -2.42. The van der Waals surface area contributed by atoms with Crippen LogP contribution in [0.15, 0.2) is 72.8 Å². The zero-order chi connectivity index (χ0) is 18.2. The van der Waals surface area contributed by atoms with Gasteiger partial charge in [-0.05, 0) is 32.7 Å². The molecule has 0 aromatic heterocycles. The zero-order valence-electron chi connectivity index (χ0n) is 15.5. The van der Waals surface area contributed by atoms with Gasteiger partial charge in [0.1, 0.15) is 0 Å². The van der Waals surface area contributed by atoms with Crippen LogP contribution in [0.5, 0.6) is 0 Å². The number of hydrogen-bond donors (Lipinski definition) is 0. The molecule has 2 rings (SSSR count). The fourth-order valence-electron chi connectivity index (χ4n) is 3.32. The van der Waals surface area contributed by atoms with Gasteiger partial charge in [-0.1, -0.05) is 116 Å². The Labute approximate surface area is 167 Å². The Morgan fingerprint density at radius 3 is 1.84 bits per heavy atom. The molecule has 2 aromatic carbocycles. The third-order valence-corrected chi connectivity index (χ3v) is 10.3. The Hall–Kier alpha value is -0.913. The maximum atomic E-state index is 6.80. The second-order valence-corrected chi connectivity index (χ2v) is 12.7. The molecular weight excluding hydrogens is 435 g/mol. The van der Waals surface area contributed by atoms with E-state index in [2.05, 4.69) is 116 Å². The van der Waals surface area contributed by atoms with Crippen LogP contribution in [0, 0.1) is 0 Å². The molecule has 0 N–H and O–H groups in total. The fourth-order valence-corrected chi connectivity index (χ4v) is 8.26. The smallest absolute Gasteiger partial charge is 0.261 e. The SMILES string of the molecule is CC(C)(C)[Si](OC/C=C\CCCI)(c1ccccc1)c1ccccc1. The lowest BCUT2D eigenvalue weighted by Crippen LogP contribution is -2.66. The predicted octanol–water partition coefficient (Wildman–Crippen LogP) is 5.33. The topological polar surface area (TPSA) is 9.23 Å². The first-order valence-corrected chi connectivity index (χ1v) is 12.4. The van der Waals surface area contributed by atoms with E-state index in [1.807, 2.05) is 0 Å². The van der Waals surface area contributed by atoms with Crippen molar-refractivity contribution in [3.8, 4) is 0 Å². The third kappa shape index (κ3) is 5.05. The van der Waals surface area contributed by atoms with Gasteiger partial charge in [-0.15, -0.1) is 0 Å². The zero-order valence-corrected chi connectivity index (χ0v) is 18.7. The van der Waals surface area contributed by atoms with E-state index in [1.165, 1.54) is 21.2 Å². The van der Waals surface area contributed by atoms with Gasteiger partial charge in [0.15, 0.2) is 0 Å². The monoisotopic (exact) mass is 464 g/mol. The van der Waals surface area contributed by atoms with E-state index in [0.29, 0.717) is 6.61 Å². The van der Waals surface area contributed by atoms with Gasteiger partial charge >= 0.3 is 0 Å². The standard InChI is InChI=1S/C22H29IOSi/c1-22(2,3)25(20-14-8-6-9-15-20,21-16-10-7-11-17-21)24-19-13-5-4-12-18-23/h5-11,13-17H,4,12,18-19H2,1-3H3/b13-5-. The van der Waals surface area contributed by atoms with Gasteiger partial charge in [-0.2, -0.15) is 0 Å². The first kappa shape index (κ1) is 20.4. The molecule has 0 amide bonds. The summed E-state index contributed by atoms with van der Waals surface area (Å²) in [5.74, 6) is 0. The highest BCUT2D eigenvalue weighted by Crippen LogP contribution is 2.36. The number of unbranched alkanes of at least 4 members (excludes halogenated alkanes) is 1. The van der Waals surface area contributed by atoms with Crippen molar-refractivity contribution >= 4 is 41.3 Å². The minimum Gasteiger partial charge on any atom is -0.404 e. The summed E-state index contributed by atoms with van der Waals surface area (Å²) in [6.07, 6.45) is 6.82. The van der Waals surface area contributed by atoms with Crippen LogP contribution >= 0.6 is 22.6 Å². The number of hydrogen-bond acceptors (Lipinski definition) is 1. The Kier molecular flexibility index (Phi) is 7.91. The number of halogens is 1. The largest absolute Gasteiger partial charge is 0.404 e. The van der Waals surface area contributed by atoms with Crippen molar-refractivity contribution < 1.29 is 4.43 Å². The summed E-state index contributed by atoms with van der Waals surface area (Å²) >= 11 is 2.43. The van der Waals surface area contributed by atoms with Gasteiger partial charge in [0.2, 0.25) is 0 Å². The van der Waals surface area contributed by atoms with Crippen LogP contribution < -0.4 is 10.4 Å². The molecule has 0 aliphatic heterocycles. The highest BCUT2D eigenvalue weighted by Gasteiger charge is 2.49. The molecule has 2 aromatic rings. The number of allylic oxidation sites excluding steroid dienone is 1. The summed E-state index contributed by atoms with van der Waals surface area (Å²) < 4.78 is 8.00. The molecule has 3 heteroatoms. The van der Waals surface area contributed by atoms with Gasteiger partial charge in [-0.25, -0.2) is 0 Å². The van der Waals surface area contributed by atoms with Gasteiger partial charge in [-0.3, -0.25) is 0 Å². The van der Waals surface area contributed by atoms with E-state index >= 15 is 0 Å². The molecule has 0 aliphatic rings. The van der Waals surface area contributed by atoms with Crippen LogP contribution in [0.4, 0.5) is 0 Å². The van der Waals surface area contributed by atoms with E-state index in [0.717, 1.165) is 6.42 Å². The highest BCUT2D eigenvalue weighted by atomic mass is 127. The summed E-state index contributed by atoms with van der Waals surface area (Å²) in [5, 5.41) is 2.73. The van der Waals surface area contributed by atoms with Crippen LogP contribution in [0.25, 0.3) is 0 Å². The Bertz CT molecular complexity index is 607. The van der Waals surface area contributed by atoms with Crippen molar-refractivity contribution in [2.24, 2.45) is 0 Å². The van der Waals surface area contributed by atoms with Crippen LogP contribution in [0.2, 0.25) is 5.04 Å². The van der Waals surface area contributed by atoms with Crippen LogP contribution in [-0.2, 0) is 4.43 Å². The molecule has 0 radical (unpaired) electrons. The van der Waals surface area contributed by atoms with Crippen molar-refractivity contribution in [2.75, 3.05) is 11.0 Å². The molecule has 134 valence electrons. The molecule has 0 aliphatic carbocycles. The first-order chi connectivity index (χ1) is 12.0. The van der Waals surface area contributed by atoms with Gasteiger partial charge in [0, 0.05) is 0 Å². The van der Waals surface area contributed by atoms with Crippen LogP contribution in [0.3, 0.4) is 0 Å². The third-order valence-electron chi connectivity index (χ3n) is 4.48. The lowest BCUT2D eigenvalue weighted by molar-refractivity contribution is 0.339. The molecule has 0 heterocycles. The molecular formula is C22H29IOSi. The van der Waals surface area contributed by atoms with E-state index in [1.54, 1.807) is 0 Å². The molecule has 25 heavy (non-hydrogen) atoms. The van der Waals surface area contributed by atoms with Crippen LogP contribution in [0.1, 0.15) is 33.6 Å². The lowest BCUT2D eigenvalue weighted by atomic mass is 10.2. The summed E-state index contributed by atoms with van der Waals surface area (Å²) in [6, 6.07) is 21.6. The van der Waals surface area contributed by atoms with Crippen molar-refractivity contribution in [1.82, 2.24) is 0 Å². The summed E-state index contributed by atoms with van der Waals surface area (Å²) in [5.41, 5.74) is 0. The van der Waals surface area contributed by atoms with Crippen molar-refractivity contribution in [2.45, 2.75) is 38.7 Å². The average molecular weight is 464 g/mol. The Morgan fingerprint density at radius 2 is 1.40 bits per heavy atom. The van der Waals surface area contributed by atoms with E-state index < -0.39 is 8.32 Å². The second-order valence-electron chi connectivity index (χ2n) is 7.28. The maximum Gasteiger partial charge on any atom is 0.261 e. The van der Waals surface area contributed by atoms with Crippen molar-refractivity contribution in [3.63, 3.8) is 0 Å². The minimum absolute atomic E-state index is 0.0474. The molecule has 1 nitrogen and oxygen atoms in total. The van der Waals surface area contributed by atoms with E-state index in [9.17, 15) is 0 Å². The normalized spacial score (nSPS) is 12.6. The predicted molar refractivity (Wildman–Crippen MR) is 121 cm³/mol. The Morgan fingerprint density at radius 1 is 0.880 bits per heavy atom. The Balaban J connectivity index is 2.41.